The predicted octanol–water partition coefficient (Wildman–Crippen LogP) is 3.54. The van der Waals surface area contributed by atoms with E-state index in [0.717, 1.165) is 31.5 Å². The van der Waals surface area contributed by atoms with E-state index in [0.29, 0.717) is 0 Å². The molecule has 2 aliphatic heterocycles. The van der Waals surface area contributed by atoms with Crippen molar-refractivity contribution in [1.82, 2.24) is 4.90 Å². The lowest BCUT2D eigenvalue weighted by atomic mass is 9.79. The van der Waals surface area contributed by atoms with Gasteiger partial charge in [0.25, 0.3) is 0 Å². The van der Waals surface area contributed by atoms with Gasteiger partial charge in [-0.1, -0.05) is 48.5 Å². The van der Waals surface area contributed by atoms with E-state index in [4.69, 9.17) is 9.31 Å². The summed E-state index contributed by atoms with van der Waals surface area (Å²) in [6.45, 7) is 11.5. The molecular weight excluding hydrogens is 321 g/mol. The standard InChI is InChI=1S/C22H28BNO2/c1-21(2)22(3,4)26-23(25-21)20-11-9-17(10-12-20)15-24-14-13-18-7-5-6-8-19(18)16-24/h5-12H,13-16H2,1-4H3. The highest BCUT2D eigenvalue weighted by Gasteiger charge is 2.51. The fourth-order valence-corrected chi connectivity index (χ4v) is 3.71. The molecule has 136 valence electrons. The lowest BCUT2D eigenvalue weighted by Gasteiger charge is -2.32. The molecular formula is C22H28BNO2. The Hall–Kier alpha value is -1.62. The zero-order valence-corrected chi connectivity index (χ0v) is 16.3. The summed E-state index contributed by atoms with van der Waals surface area (Å²) in [4.78, 5) is 2.52. The Morgan fingerprint density at radius 1 is 0.885 bits per heavy atom. The minimum absolute atomic E-state index is 0.282. The molecule has 0 aliphatic carbocycles. The van der Waals surface area contributed by atoms with Gasteiger partial charge in [0.15, 0.2) is 0 Å². The SMILES string of the molecule is CC1(C)OB(c2ccc(CN3CCc4ccccc4C3)cc2)OC1(C)C. The van der Waals surface area contributed by atoms with Gasteiger partial charge < -0.3 is 9.31 Å². The maximum absolute atomic E-state index is 6.15. The lowest BCUT2D eigenvalue weighted by Crippen LogP contribution is -2.41. The summed E-state index contributed by atoms with van der Waals surface area (Å²) < 4.78 is 12.3. The second-order valence-corrected chi connectivity index (χ2v) is 8.56. The average molecular weight is 349 g/mol. The average Bonchev–Trinajstić information content (AvgIpc) is 2.83. The third-order valence-electron chi connectivity index (χ3n) is 6.12. The van der Waals surface area contributed by atoms with Gasteiger partial charge in [0, 0.05) is 19.6 Å². The van der Waals surface area contributed by atoms with E-state index in [1.165, 1.54) is 16.7 Å². The van der Waals surface area contributed by atoms with E-state index < -0.39 is 0 Å². The van der Waals surface area contributed by atoms with Crippen molar-refractivity contribution >= 4 is 12.6 Å². The second-order valence-electron chi connectivity index (χ2n) is 8.56. The first-order valence-electron chi connectivity index (χ1n) is 9.58. The van der Waals surface area contributed by atoms with Crippen LogP contribution in [0, 0.1) is 0 Å². The Morgan fingerprint density at radius 3 is 2.15 bits per heavy atom. The highest BCUT2D eigenvalue weighted by molar-refractivity contribution is 6.62. The molecule has 0 spiro atoms. The summed E-state index contributed by atoms with van der Waals surface area (Å²) in [7, 11) is -0.282. The molecule has 0 bridgehead atoms. The Labute approximate surface area is 157 Å². The summed E-state index contributed by atoms with van der Waals surface area (Å²) >= 11 is 0. The van der Waals surface area contributed by atoms with Crippen LogP contribution >= 0.6 is 0 Å². The quantitative estimate of drug-likeness (QED) is 0.791. The van der Waals surface area contributed by atoms with Crippen LogP contribution in [0.3, 0.4) is 0 Å². The monoisotopic (exact) mass is 349 g/mol. The maximum atomic E-state index is 6.15. The largest absolute Gasteiger partial charge is 0.494 e. The van der Waals surface area contributed by atoms with Crippen molar-refractivity contribution in [2.45, 2.75) is 58.4 Å². The van der Waals surface area contributed by atoms with E-state index in [2.05, 4.69) is 81.1 Å². The Bertz CT molecular complexity index is 769. The number of rotatable bonds is 3. The van der Waals surface area contributed by atoms with Gasteiger partial charge in [0.2, 0.25) is 0 Å². The highest BCUT2D eigenvalue weighted by Crippen LogP contribution is 2.36. The number of hydrogen-bond acceptors (Lipinski definition) is 3. The normalized spacial score (nSPS) is 21.6. The van der Waals surface area contributed by atoms with Crippen LogP contribution in [0.2, 0.25) is 0 Å². The number of benzene rings is 2. The van der Waals surface area contributed by atoms with E-state index in [1.54, 1.807) is 0 Å². The van der Waals surface area contributed by atoms with Crippen molar-refractivity contribution in [3.63, 3.8) is 0 Å². The molecule has 4 heteroatoms. The summed E-state index contributed by atoms with van der Waals surface area (Å²) in [5.41, 5.74) is 4.81. The molecule has 2 heterocycles. The molecule has 0 atom stereocenters. The number of nitrogens with zero attached hydrogens (tertiary/aromatic N) is 1. The first-order valence-corrected chi connectivity index (χ1v) is 9.58. The first kappa shape index (κ1) is 17.8. The Balaban J connectivity index is 1.42. The van der Waals surface area contributed by atoms with Crippen molar-refractivity contribution in [3.05, 3.63) is 65.2 Å². The minimum atomic E-state index is -0.294. The zero-order chi connectivity index (χ0) is 18.4. The van der Waals surface area contributed by atoms with Crippen molar-refractivity contribution < 1.29 is 9.31 Å². The molecule has 4 rings (SSSR count). The van der Waals surface area contributed by atoms with Crippen LogP contribution in [0.25, 0.3) is 0 Å². The molecule has 0 saturated carbocycles. The summed E-state index contributed by atoms with van der Waals surface area (Å²) in [6, 6.07) is 17.5. The predicted molar refractivity (Wildman–Crippen MR) is 106 cm³/mol. The van der Waals surface area contributed by atoms with E-state index >= 15 is 0 Å². The van der Waals surface area contributed by atoms with Gasteiger partial charge in [-0.05, 0) is 56.3 Å². The molecule has 2 aromatic carbocycles. The van der Waals surface area contributed by atoms with Crippen molar-refractivity contribution in [2.75, 3.05) is 6.54 Å². The van der Waals surface area contributed by atoms with Gasteiger partial charge in [-0.15, -0.1) is 0 Å². The van der Waals surface area contributed by atoms with Crippen LogP contribution < -0.4 is 5.46 Å². The number of hydrogen-bond donors (Lipinski definition) is 0. The topological polar surface area (TPSA) is 21.7 Å². The Morgan fingerprint density at radius 2 is 1.50 bits per heavy atom. The lowest BCUT2D eigenvalue weighted by molar-refractivity contribution is 0.00578. The smallest absolute Gasteiger partial charge is 0.399 e. The summed E-state index contributed by atoms with van der Waals surface area (Å²) in [5.74, 6) is 0. The second kappa shape index (κ2) is 6.52. The fraction of sp³-hybridized carbons (Fsp3) is 0.455. The van der Waals surface area contributed by atoms with Gasteiger partial charge in [-0.2, -0.15) is 0 Å². The maximum Gasteiger partial charge on any atom is 0.494 e. The first-order chi connectivity index (χ1) is 12.3. The van der Waals surface area contributed by atoms with Crippen LogP contribution in [0.15, 0.2) is 48.5 Å². The Kier molecular flexibility index (Phi) is 4.46. The molecule has 0 amide bonds. The van der Waals surface area contributed by atoms with Crippen LogP contribution in [0.1, 0.15) is 44.4 Å². The molecule has 0 aromatic heterocycles. The molecule has 2 aromatic rings. The minimum Gasteiger partial charge on any atom is -0.399 e. The van der Waals surface area contributed by atoms with Gasteiger partial charge in [0.05, 0.1) is 11.2 Å². The third-order valence-corrected chi connectivity index (χ3v) is 6.12. The van der Waals surface area contributed by atoms with Crippen molar-refractivity contribution in [2.24, 2.45) is 0 Å². The van der Waals surface area contributed by atoms with Crippen LogP contribution in [-0.2, 0) is 28.8 Å². The van der Waals surface area contributed by atoms with E-state index in [1.807, 2.05) is 0 Å². The zero-order valence-electron chi connectivity index (χ0n) is 16.3. The number of fused-ring (bicyclic) bond motifs is 1. The summed E-state index contributed by atoms with van der Waals surface area (Å²) in [5, 5.41) is 0. The van der Waals surface area contributed by atoms with Crippen molar-refractivity contribution in [3.8, 4) is 0 Å². The van der Waals surface area contributed by atoms with Crippen molar-refractivity contribution in [1.29, 1.82) is 0 Å². The molecule has 1 saturated heterocycles. The van der Waals surface area contributed by atoms with Crippen LogP contribution in [-0.4, -0.2) is 29.8 Å². The van der Waals surface area contributed by atoms with Gasteiger partial charge in [0.1, 0.15) is 0 Å². The van der Waals surface area contributed by atoms with Crippen LogP contribution in [0.4, 0.5) is 0 Å². The molecule has 1 fully saturated rings. The van der Waals surface area contributed by atoms with Gasteiger partial charge in [-0.25, -0.2) is 0 Å². The highest BCUT2D eigenvalue weighted by atomic mass is 16.7. The van der Waals surface area contributed by atoms with Gasteiger partial charge >= 0.3 is 7.12 Å². The molecule has 26 heavy (non-hydrogen) atoms. The fourth-order valence-electron chi connectivity index (χ4n) is 3.71. The molecule has 0 N–H and O–H groups in total. The molecule has 0 radical (unpaired) electrons. The molecule has 3 nitrogen and oxygen atoms in total. The molecule has 0 unspecified atom stereocenters. The van der Waals surface area contributed by atoms with Gasteiger partial charge in [-0.3, -0.25) is 4.90 Å². The van der Waals surface area contributed by atoms with E-state index in [9.17, 15) is 0 Å². The van der Waals surface area contributed by atoms with Crippen LogP contribution in [0.5, 0.6) is 0 Å². The third kappa shape index (κ3) is 3.34. The summed E-state index contributed by atoms with van der Waals surface area (Å²) in [6.07, 6.45) is 1.14. The molecule has 2 aliphatic rings. The van der Waals surface area contributed by atoms with E-state index in [-0.39, 0.29) is 18.3 Å².